The molecule has 0 aliphatic rings. The summed E-state index contributed by atoms with van der Waals surface area (Å²) in [6.07, 6.45) is -2.42. The Hall–Kier alpha value is -2.97. The van der Waals surface area contributed by atoms with Gasteiger partial charge in [0.05, 0.1) is 0 Å². The Kier molecular flexibility index (Phi) is 13.7. The van der Waals surface area contributed by atoms with Gasteiger partial charge in [-0.25, -0.2) is 0 Å². The van der Waals surface area contributed by atoms with Crippen molar-refractivity contribution in [1.82, 2.24) is 0 Å². The first-order valence-electron chi connectivity index (χ1n) is 11.1. The van der Waals surface area contributed by atoms with Crippen LogP contribution in [0.15, 0.2) is 121 Å². The molecule has 0 atom stereocenters. The Labute approximate surface area is 226 Å². The fourth-order valence-corrected chi connectivity index (χ4v) is 3.72. The van der Waals surface area contributed by atoms with Crippen LogP contribution in [0.25, 0.3) is 0 Å². The maximum Gasteiger partial charge on any atom is 0.411 e. The van der Waals surface area contributed by atoms with Crippen LogP contribution >= 0.6 is 0 Å². The van der Waals surface area contributed by atoms with Gasteiger partial charge in [0.25, 0.3) is 0 Å². The monoisotopic (exact) mass is 581 g/mol. The van der Waals surface area contributed by atoms with Gasteiger partial charge >= 0.3 is 6.18 Å². The van der Waals surface area contributed by atoms with Gasteiger partial charge in [-0.2, -0.15) is 13.2 Å². The topological polar surface area (TPSA) is 20.2 Å². The zero-order valence-corrected chi connectivity index (χ0v) is 21.6. The van der Waals surface area contributed by atoms with Gasteiger partial charge in [-0.05, 0) is 0 Å². The van der Waals surface area contributed by atoms with Gasteiger partial charge in [0, 0.05) is 20.4 Å². The molecule has 0 bridgehead atoms. The minimum atomic E-state index is -4.40. The summed E-state index contributed by atoms with van der Waals surface area (Å²) in [5.74, 6) is 2.79. The molecule has 36 heavy (non-hydrogen) atoms. The summed E-state index contributed by atoms with van der Waals surface area (Å²) in [4.78, 5) is 0. The van der Waals surface area contributed by atoms with E-state index >= 15 is 0 Å². The van der Waals surface area contributed by atoms with Crippen molar-refractivity contribution < 1.29 is 38.7 Å². The predicted octanol–water partition coefficient (Wildman–Crippen LogP) is 8.10. The number of hydrogen-bond acceptors (Lipinski definition) is 1. The van der Waals surface area contributed by atoms with Crippen LogP contribution in [0, 0.1) is 19.3 Å². The van der Waals surface area contributed by atoms with Crippen molar-refractivity contribution in [2.45, 2.75) is 19.0 Å². The second kappa shape index (κ2) is 15.9. The molecule has 4 rings (SSSR count). The number of hydrogen-bond donors (Lipinski definition) is 1. The Balaban J connectivity index is 0.000000727. The Morgan fingerprint density at radius 3 is 0.861 bits per heavy atom. The molecule has 1 nitrogen and oxygen atoms in total. The molecule has 0 aliphatic carbocycles. The SMILES string of the molecule is OCC(F)(F)F.[CH3-].[Pd].c1ccc([C-](CC[C-](c2ccccc2)c2ccccc2)c2ccccc2)cc1. The molecule has 5 heteroatoms. The zero-order valence-electron chi connectivity index (χ0n) is 20.1. The summed E-state index contributed by atoms with van der Waals surface area (Å²) in [5.41, 5.74) is 5.20. The van der Waals surface area contributed by atoms with E-state index in [9.17, 15) is 13.2 Å². The van der Waals surface area contributed by atoms with Gasteiger partial charge in [0.1, 0.15) is 6.61 Å². The van der Waals surface area contributed by atoms with E-state index in [1.165, 1.54) is 34.1 Å². The van der Waals surface area contributed by atoms with Gasteiger partial charge < -0.3 is 12.5 Å². The molecule has 0 heterocycles. The van der Waals surface area contributed by atoms with Crippen molar-refractivity contribution in [2.75, 3.05) is 6.61 Å². The third-order valence-corrected chi connectivity index (χ3v) is 5.29. The van der Waals surface area contributed by atoms with Gasteiger partial charge in [-0.3, -0.25) is 0 Å². The van der Waals surface area contributed by atoms with Crippen LogP contribution in [-0.4, -0.2) is 17.9 Å². The summed E-state index contributed by atoms with van der Waals surface area (Å²) in [6, 6.07) is 43.0. The van der Waals surface area contributed by atoms with E-state index < -0.39 is 12.8 Å². The van der Waals surface area contributed by atoms with Gasteiger partial charge in [0.2, 0.25) is 0 Å². The normalized spacial score (nSPS) is 10.1. The molecule has 0 aliphatic heterocycles. The van der Waals surface area contributed by atoms with Crippen LogP contribution in [0.5, 0.6) is 0 Å². The Bertz CT molecular complexity index is 910. The second-order valence-electron chi connectivity index (χ2n) is 7.69. The molecule has 0 saturated carbocycles. The minimum Gasteiger partial charge on any atom is -0.387 e. The molecule has 194 valence electrons. The molecule has 4 aromatic carbocycles. The van der Waals surface area contributed by atoms with E-state index in [-0.39, 0.29) is 27.8 Å². The molecule has 0 amide bonds. The zero-order chi connectivity index (χ0) is 24.2. The molecular weight excluding hydrogens is 552 g/mol. The van der Waals surface area contributed by atoms with Gasteiger partial charge in [-0.1, -0.05) is 85.6 Å². The van der Waals surface area contributed by atoms with E-state index in [2.05, 4.69) is 121 Å². The fourth-order valence-electron chi connectivity index (χ4n) is 3.72. The first-order chi connectivity index (χ1) is 16.5. The molecule has 0 unspecified atom stereocenters. The van der Waals surface area contributed by atoms with E-state index in [4.69, 9.17) is 5.11 Å². The van der Waals surface area contributed by atoms with E-state index in [0.29, 0.717) is 0 Å². The first-order valence-corrected chi connectivity index (χ1v) is 11.1. The summed E-state index contributed by atoms with van der Waals surface area (Å²) >= 11 is 0. The predicted molar refractivity (Wildman–Crippen MR) is 137 cm³/mol. The second-order valence-corrected chi connectivity index (χ2v) is 7.69. The quantitative estimate of drug-likeness (QED) is 0.173. The maximum atomic E-state index is 10.5. The molecule has 0 radical (unpaired) electrons. The van der Waals surface area contributed by atoms with Crippen molar-refractivity contribution in [3.8, 4) is 0 Å². The number of aliphatic hydroxyl groups excluding tert-OH is 1. The van der Waals surface area contributed by atoms with E-state index in [1.807, 2.05) is 0 Å². The average Bonchev–Trinajstić information content (AvgIpc) is 2.89. The standard InChI is InChI=1S/C28H24.C2H3F3O.CH3.Pd/c1-5-13-23(14-6-1)27(24-15-7-2-8-16-24)21-22-28(25-17-9-3-10-18-25)26-19-11-4-12-20-26;3-2(4,5)1-6;;/h1-20H,21-22H2;6H,1H2;1H3;/q-2;;-1;. The number of aliphatic hydroxyl groups is 1. The van der Waals surface area contributed by atoms with Crippen molar-refractivity contribution >= 4 is 0 Å². The molecule has 0 fully saturated rings. The molecular formula is C31H30F3OPd-3. The van der Waals surface area contributed by atoms with Crippen LogP contribution in [0.3, 0.4) is 0 Å². The van der Waals surface area contributed by atoms with Crippen molar-refractivity contribution in [3.05, 3.63) is 163 Å². The number of rotatable bonds is 7. The van der Waals surface area contributed by atoms with Crippen LogP contribution in [0.2, 0.25) is 0 Å². The summed E-state index contributed by atoms with van der Waals surface area (Å²) in [7, 11) is 0. The molecule has 0 aromatic heterocycles. The first kappa shape index (κ1) is 31.1. The van der Waals surface area contributed by atoms with Crippen LogP contribution in [-0.2, 0) is 20.4 Å². The number of halogens is 3. The van der Waals surface area contributed by atoms with E-state index in [0.717, 1.165) is 12.8 Å². The fraction of sp³-hybridized carbons (Fsp3) is 0.129. The Morgan fingerprint density at radius 1 is 0.500 bits per heavy atom. The van der Waals surface area contributed by atoms with Gasteiger partial charge in [0.15, 0.2) is 0 Å². The van der Waals surface area contributed by atoms with Crippen LogP contribution in [0.4, 0.5) is 13.2 Å². The number of alkyl halides is 3. The maximum absolute atomic E-state index is 10.5. The van der Waals surface area contributed by atoms with Crippen molar-refractivity contribution in [1.29, 1.82) is 0 Å². The largest absolute Gasteiger partial charge is 0.411 e. The van der Waals surface area contributed by atoms with Crippen LogP contribution in [0.1, 0.15) is 35.1 Å². The molecule has 1 N–H and O–H groups in total. The third-order valence-electron chi connectivity index (χ3n) is 5.29. The third kappa shape index (κ3) is 9.95. The smallest absolute Gasteiger partial charge is 0.387 e. The van der Waals surface area contributed by atoms with E-state index in [1.54, 1.807) is 0 Å². The molecule has 0 saturated heterocycles. The summed E-state index contributed by atoms with van der Waals surface area (Å²) in [5, 5.41) is 7.28. The van der Waals surface area contributed by atoms with Crippen molar-refractivity contribution in [3.63, 3.8) is 0 Å². The average molecular weight is 582 g/mol. The van der Waals surface area contributed by atoms with Crippen molar-refractivity contribution in [2.24, 2.45) is 0 Å². The molecule has 4 aromatic rings. The summed E-state index contributed by atoms with van der Waals surface area (Å²) in [6.45, 7) is -1.73. The minimum absolute atomic E-state index is 0. The van der Waals surface area contributed by atoms with Gasteiger partial charge in [-0.15, -0.1) is 82.6 Å². The molecule has 0 spiro atoms. The summed E-state index contributed by atoms with van der Waals surface area (Å²) < 4.78 is 31.6. The Morgan fingerprint density at radius 2 is 0.694 bits per heavy atom. The van der Waals surface area contributed by atoms with Crippen LogP contribution < -0.4 is 0 Å². The number of benzene rings is 4.